The first-order chi connectivity index (χ1) is 13.4. The van der Waals surface area contributed by atoms with Crippen LogP contribution in [0.3, 0.4) is 0 Å². The largest absolute Gasteiger partial charge is 0.507 e. The number of anilines is 1. The quantitative estimate of drug-likeness (QED) is 0.575. The summed E-state index contributed by atoms with van der Waals surface area (Å²) in [4.78, 5) is 27.0. The molecule has 0 saturated carbocycles. The molecule has 1 fully saturated rings. The zero-order valence-corrected chi connectivity index (χ0v) is 16.8. The number of thioether (sulfide) groups is 1. The van der Waals surface area contributed by atoms with E-state index in [4.69, 9.17) is 17.0 Å². The third-order valence-electron chi connectivity index (χ3n) is 4.17. The first kappa shape index (κ1) is 19.9. The summed E-state index contributed by atoms with van der Waals surface area (Å²) < 4.78 is 5.39. The van der Waals surface area contributed by atoms with E-state index in [1.165, 1.54) is 11.0 Å². The van der Waals surface area contributed by atoms with Gasteiger partial charge in [-0.25, -0.2) is 0 Å². The number of carbonyl (C=O) groups excluding carboxylic acids is 2. The van der Waals surface area contributed by atoms with Gasteiger partial charge in [-0.2, -0.15) is 0 Å². The number of benzene rings is 2. The number of ether oxygens (including phenoxy) is 1. The Balaban J connectivity index is 1.75. The summed E-state index contributed by atoms with van der Waals surface area (Å²) in [6, 6.07) is 12.8. The van der Waals surface area contributed by atoms with Gasteiger partial charge in [-0.05, 0) is 43.3 Å². The highest BCUT2D eigenvalue weighted by Crippen LogP contribution is 2.35. The maximum atomic E-state index is 12.8. The molecular formula is C20H18N2O4S2. The van der Waals surface area contributed by atoms with Crippen LogP contribution in [-0.2, 0) is 9.59 Å². The Morgan fingerprint density at radius 3 is 2.57 bits per heavy atom. The van der Waals surface area contributed by atoms with E-state index in [1.807, 2.05) is 0 Å². The molecule has 1 atom stereocenters. The summed E-state index contributed by atoms with van der Waals surface area (Å²) in [6.07, 6.45) is 1.57. The van der Waals surface area contributed by atoms with Crippen molar-refractivity contribution in [2.45, 2.75) is 13.0 Å². The number of hydrogen-bond acceptors (Lipinski definition) is 6. The van der Waals surface area contributed by atoms with Crippen molar-refractivity contribution >= 4 is 51.9 Å². The van der Waals surface area contributed by atoms with Crippen LogP contribution in [0.4, 0.5) is 5.69 Å². The fourth-order valence-corrected chi connectivity index (χ4v) is 4.01. The molecule has 1 heterocycles. The first-order valence-electron chi connectivity index (χ1n) is 8.40. The lowest BCUT2D eigenvalue weighted by Gasteiger charge is -2.22. The molecule has 2 aromatic rings. The van der Waals surface area contributed by atoms with E-state index in [0.29, 0.717) is 26.2 Å². The molecule has 8 heteroatoms. The van der Waals surface area contributed by atoms with Crippen LogP contribution < -0.4 is 10.1 Å². The Bertz CT molecular complexity index is 957. The number of hydrogen-bond donors (Lipinski definition) is 2. The molecule has 1 aliphatic heterocycles. The van der Waals surface area contributed by atoms with Gasteiger partial charge in [0, 0.05) is 11.3 Å². The summed E-state index contributed by atoms with van der Waals surface area (Å²) in [5, 5.41) is 12.7. The molecule has 3 rings (SSSR count). The van der Waals surface area contributed by atoms with Crippen molar-refractivity contribution in [2.24, 2.45) is 0 Å². The summed E-state index contributed by atoms with van der Waals surface area (Å²) >= 11 is 6.41. The second kappa shape index (κ2) is 8.45. The van der Waals surface area contributed by atoms with Gasteiger partial charge in [-0.3, -0.25) is 14.5 Å². The standard InChI is InChI=1S/C20H18N2O4S2/c1-12(18(24)21-14-7-9-15(26-2)10-8-14)22-19(25)17(28-20(22)27)11-13-5-3-4-6-16(13)23/h3-12,23H,1-2H3,(H,21,24)/b17-11-. The van der Waals surface area contributed by atoms with E-state index in [2.05, 4.69) is 5.32 Å². The number of rotatable bonds is 5. The lowest BCUT2D eigenvalue weighted by atomic mass is 10.2. The predicted molar refractivity (Wildman–Crippen MR) is 114 cm³/mol. The van der Waals surface area contributed by atoms with Crippen molar-refractivity contribution < 1.29 is 19.4 Å². The van der Waals surface area contributed by atoms with Gasteiger partial charge < -0.3 is 15.2 Å². The highest BCUT2D eigenvalue weighted by atomic mass is 32.2. The normalized spacial score (nSPS) is 16.4. The van der Waals surface area contributed by atoms with Crippen molar-refractivity contribution in [3.63, 3.8) is 0 Å². The highest BCUT2D eigenvalue weighted by Gasteiger charge is 2.38. The Hall–Kier alpha value is -2.84. The summed E-state index contributed by atoms with van der Waals surface area (Å²) in [5.41, 5.74) is 1.10. The van der Waals surface area contributed by atoms with Crippen molar-refractivity contribution in [3.8, 4) is 11.5 Å². The SMILES string of the molecule is COc1ccc(NC(=O)C(C)N2C(=O)/C(=C/c3ccccc3O)SC2=S)cc1. The average Bonchev–Trinajstić information content (AvgIpc) is 2.96. The maximum Gasteiger partial charge on any atom is 0.266 e. The van der Waals surface area contributed by atoms with Crippen LogP contribution in [-0.4, -0.2) is 39.3 Å². The van der Waals surface area contributed by atoms with Crippen LogP contribution in [0.5, 0.6) is 11.5 Å². The second-order valence-corrected chi connectivity index (χ2v) is 7.68. The summed E-state index contributed by atoms with van der Waals surface area (Å²) in [7, 11) is 1.56. The molecule has 2 N–H and O–H groups in total. The van der Waals surface area contributed by atoms with E-state index in [-0.39, 0.29) is 17.6 Å². The number of nitrogens with zero attached hydrogens (tertiary/aromatic N) is 1. The minimum absolute atomic E-state index is 0.0677. The molecular weight excluding hydrogens is 396 g/mol. The summed E-state index contributed by atoms with van der Waals surface area (Å²) in [6.45, 7) is 1.62. The first-order valence-corrected chi connectivity index (χ1v) is 9.63. The van der Waals surface area contributed by atoms with Gasteiger partial charge in [-0.1, -0.05) is 42.2 Å². The predicted octanol–water partition coefficient (Wildman–Crippen LogP) is 3.63. The number of nitrogens with one attached hydrogen (secondary N) is 1. The van der Waals surface area contributed by atoms with Crippen LogP contribution >= 0.6 is 24.0 Å². The van der Waals surface area contributed by atoms with Gasteiger partial charge in [0.05, 0.1) is 12.0 Å². The van der Waals surface area contributed by atoms with E-state index in [9.17, 15) is 14.7 Å². The molecule has 0 spiro atoms. The van der Waals surface area contributed by atoms with Crippen molar-refractivity contribution in [2.75, 3.05) is 12.4 Å². The van der Waals surface area contributed by atoms with E-state index >= 15 is 0 Å². The summed E-state index contributed by atoms with van der Waals surface area (Å²) in [5.74, 6) is 0.0243. The number of thiocarbonyl (C=S) groups is 1. The highest BCUT2D eigenvalue weighted by molar-refractivity contribution is 8.26. The van der Waals surface area contributed by atoms with Gasteiger partial charge in [0.1, 0.15) is 21.9 Å². The lowest BCUT2D eigenvalue weighted by molar-refractivity contribution is -0.129. The Kier molecular flexibility index (Phi) is 6.01. The molecule has 28 heavy (non-hydrogen) atoms. The Labute approximate surface area is 172 Å². The molecule has 0 aliphatic carbocycles. The van der Waals surface area contributed by atoms with Gasteiger partial charge in [0.25, 0.3) is 5.91 Å². The lowest BCUT2D eigenvalue weighted by Crippen LogP contribution is -2.44. The number of para-hydroxylation sites is 1. The van der Waals surface area contributed by atoms with Crippen LogP contribution in [0.2, 0.25) is 0 Å². The van der Waals surface area contributed by atoms with Gasteiger partial charge in [-0.15, -0.1) is 0 Å². The monoisotopic (exact) mass is 414 g/mol. The number of carbonyl (C=O) groups is 2. The number of aromatic hydroxyl groups is 1. The fraction of sp³-hybridized carbons (Fsp3) is 0.150. The number of phenolic OH excluding ortho intramolecular Hbond substituents is 1. The third-order valence-corrected chi connectivity index (χ3v) is 5.50. The minimum atomic E-state index is -0.787. The average molecular weight is 415 g/mol. The number of methoxy groups -OCH3 is 1. The molecule has 0 radical (unpaired) electrons. The zero-order chi connectivity index (χ0) is 20.3. The van der Waals surface area contributed by atoms with Gasteiger partial charge in [0.15, 0.2) is 0 Å². The Morgan fingerprint density at radius 2 is 1.93 bits per heavy atom. The molecule has 1 saturated heterocycles. The van der Waals surface area contributed by atoms with Crippen LogP contribution in [0, 0.1) is 0 Å². The van der Waals surface area contributed by atoms with Gasteiger partial charge >= 0.3 is 0 Å². The third kappa shape index (κ3) is 4.18. The molecule has 2 aromatic carbocycles. The van der Waals surface area contributed by atoms with E-state index in [1.54, 1.807) is 62.6 Å². The molecule has 6 nitrogen and oxygen atoms in total. The molecule has 0 aromatic heterocycles. The molecule has 2 amide bonds. The molecule has 1 aliphatic rings. The van der Waals surface area contributed by atoms with Crippen molar-refractivity contribution in [1.29, 1.82) is 0 Å². The molecule has 0 bridgehead atoms. The smallest absolute Gasteiger partial charge is 0.266 e. The maximum absolute atomic E-state index is 12.8. The molecule has 1 unspecified atom stereocenters. The topological polar surface area (TPSA) is 78.9 Å². The van der Waals surface area contributed by atoms with Crippen LogP contribution in [0.15, 0.2) is 53.4 Å². The van der Waals surface area contributed by atoms with Crippen molar-refractivity contribution in [1.82, 2.24) is 4.90 Å². The fourth-order valence-electron chi connectivity index (χ4n) is 2.60. The van der Waals surface area contributed by atoms with E-state index in [0.717, 1.165) is 11.8 Å². The van der Waals surface area contributed by atoms with Crippen LogP contribution in [0.25, 0.3) is 6.08 Å². The zero-order valence-electron chi connectivity index (χ0n) is 15.2. The van der Waals surface area contributed by atoms with Crippen molar-refractivity contribution in [3.05, 3.63) is 59.0 Å². The molecule has 144 valence electrons. The van der Waals surface area contributed by atoms with E-state index < -0.39 is 6.04 Å². The number of amides is 2. The van der Waals surface area contributed by atoms with Gasteiger partial charge in [0.2, 0.25) is 5.91 Å². The Morgan fingerprint density at radius 1 is 1.25 bits per heavy atom. The minimum Gasteiger partial charge on any atom is -0.507 e. The number of phenols is 1. The van der Waals surface area contributed by atoms with Crippen LogP contribution in [0.1, 0.15) is 12.5 Å². The second-order valence-electron chi connectivity index (χ2n) is 6.00.